The van der Waals surface area contributed by atoms with E-state index in [1.54, 1.807) is 7.05 Å². The molecule has 0 aromatic heterocycles. The standard InChI is InChI=1S/C20H20N2O3/c1-19-16(23)21(2)18(24)22(3)17(19)25-20(19,14-10-6-4-7-11-14)15-12-8-5-9-13-15/h4-13,17H,1-3H3/t17-,19-/m0/s1. The SMILES string of the molecule is CN1C(=O)N(C)[C@H]2OC(c3ccccc3)(c3ccccc3)[C@@]2(C)C1=O. The van der Waals surface area contributed by atoms with Crippen LogP contribution in [-0.4, -0.2) is 42.1 Å². The summed E-state index contributed by atoms with van der Waals surface area (Å²) in [6, 6.07) is 19.2. The van der Waals surface area contributed by atoms with Gasteiger partial charge in [-0.2, -0.15) is 0 Å². The molecule has 2 heterocycles. The highest BCUT2D eigenvalue weighted by Crippen LogP contribution is 2.62. The monoisotopic (exact) mass is 336 g/mol. The number of amides is 3. The number of imide groups is 1. The van der Waals surface area contributed by atoms with Gasteiger partial charge in [-0.25, -0.2) is 4.79 Å². The van der Waals surface area contributed by atoms with E-state index in [1.807, 2.05) is 67.6 Å². The zero-order valence-corrected chi connectivity index (χ0v) is 14.5. The third kappa shape index (κ3) is 1.76. The van der Waals surface area contributed by atoms with Crippen LogP contribution in [0.15, 0.2) is 60.7 Å². The van der Waals surface area contributed by atoms with Crippen molar-refractivity contribution in [2.45, 2.75) is 18.8 Å². The zero-order chi connectivity index (χ0) is 17.8. The fourth-order valence-electron chi connectivity index (χ4n) is 4.27. The molecule has 0 spiro atoms. The minimum Gasteiger partial charge on any atom is -0.340 e. The van der Waals surface area contributed by atoms with Crippen LogP contribution >= 0.6 is 0 Å². The van der Waals surface area contributed by atoms with E-state index in [4.69, 9.17) is 4.74 Å². The predicted octanol–water partition coefficient (Wildman–Crippen LogP) is 2.82. The number of rotatable bonds is 2. The van der Waals surface area contributed by atoms with E-state index < -0.39 is 17.2 Å². The first-order chi connectivity index (χ1) is 11.9. The number of urea groups is 1. The summed E-state index contributed by atoms with van der Waals surface area (Å²) in [5.41, 5.74) is -0.0259. The van der Waals surface area contributed by atoms with Crippen molar-refractivity contribution in [2.24, 2.45) is 5.41 Å². The molecule has 2 fully saturated rings. The van der Waals surface area contributed by atoms with Crippen LogP contribution in [0.25, 0.3) is 0 Å². The Balaban J connectivity index is 1.96. The Labute approximate surface area is 146 Å². The van der Waals surface area contributed by atoms with E-state index in [9.17, 15) is 9.59 Å². The van der Waals surface area contributed by atoms with E-state index in [0.717, 1.165) is 11.1 Å². The summed E-state index contributed by atoms with van der Waals surface area (Å²) in [7, 11) is 3.20. The van der Waals surface area contributed by atoms with Crippen LogP contribution in [0.3, 0.4) is 0 Å². The Bertz CT molecular complexity index is 797. The molecule has 0 N–H and O–H groups in total. The molecule has 25 heavy (non-hydrogen) atoms. The molecule has 5 heteroatoms. The van der Waals surface area contributed by atoms with Crippen LogP contribution in [0.2, 0.25) is 0 Å². The van der Waals surface area contributed by atoms with Gasteiger partial charge >= 0.3 is 6.03 Å². The number of nitrogens with zero attached hydrogens (tertiary/aromatic N) is 2. The smallest absolute Gasteiger partial charge is 0.328 e. The third-order valence-corrected chi connectivity index (χ3v) is 5.56. The molecule has 3 amide bonds. The lowest BCUT2D eigenvalue weighted by Gasteiger charge is -2.65. The maximum absolute atomic E-state index is 13.2. The number of carbonyl (C=O) groups is 2. The lowest BCUT2D eigenvalue weighted by Crippen LogP contribution is -2.80. The summed E-state index contributed by atoms with van der Waals surface area (Å²) < 4.78 is 6.36. The predicted molar refractivity (Wildman–Crippen MR) is 92.6 cm³/mol. The number of benzene rings is 2. The fraction of sp³-hybridized carbons (Fsp3) is 0.300. The van der Waals surface area contributed by atoms with E-state index in [0.29, 0.717) is 0 Å². The molecular weight excluding hydrogens is 316 g/mol. The van der Waals surface area contributed by atoms with E-state index in [-0.39, 0.29) is 11.9 Å². The molecule has 2 atom stereocenters. The zero-order valence-electron chi connectivity index (χ0n) is 14.5. The summed E-state index contributed by atoms with van der Waals surface area (Å²) in [5, 5.41) is 0. The van der Waals surface area contributed by atoms with Crippen molar-refractivity contribution in [3.63, 3.8) is 0 Å². The van der Waals surface area contributed by atoms with Crippen LogP contribution in [0, 0.1) is 5.41 Å². The van der Waals surface area contributed by atoms with Gasteiger partial charge in [0.05, 0.1) is 0 Å². The molecule has 2 saturated heterocycles. The number of hydrogen-bond donors (Lipinski definition) is 0. The van der Waals surface area contributed by atoms with Gasteiger partial charge in [0, 0.05) is 14.1 Å². The van der Waals surface area contributed by atoms with Gasteiger partial charge in [0.1, 0.15) is 11.0 Å². The highest BCUT2D eigenvalue weighted by atomic mass is 16.6. The lowest BCUT2D eigenvalue weighted by molar-refractivity contribution is -0.332. The van der Waals surface area contributed by atoms with Gasteiger partial charge in [-0.3, -0.25) is 9.69 Å². The molecule has 128 valence electrons. The van der Waals surface area contributed by atoms with Gasteiger partial charge in [-0.05, 0) is 18.1 Å². The van der Waals surface area contributed by atoms with Crippen LogP contribution in [0.4, 0.5) is 4.79 Å². The quantitative estimate of drug-likeness (QED) is 0.847. The first kappa shape index (κ1) is 15.8. The van der Waals surface area contributed by atoms with Crippen LogP contribution in [-0.2, 0) is 15.1 Å². The molecule has 0 unspecified atom stereocenters. The molecule has 5 nitrogen and oxygen atoms in total. The second kappa shape index (κ2) is 5.17. The van der Waals surface area contributed by atoms with Crippen molar-refractivity contribution in [1.29, 1.82) is 0 Å². The topological polar surface area (TPSA) is 49.9 Å². The summed E-state index contributed by atoms with van der Waals surface area (Å²) in [6.45, 7) is 1.89. The van der Waals surface area contributed by atoms with E-state index in [1.165, 1.54) is 16.8 Å². The van der Waals surface area contributed by atoms with Crippen molar-refractivity contribution in [1.82, 2.24) is 9.80 Å². The molecule has 0 aliphatic carbocycles. The van der Waals surface area contributed by atoms with Crippen molar-refractivity contribution >= 4 is 11.9 Å². The summed E-state index contributed by atoms with van der Waals surface area (Å²) in [6.07, 6.45) is -0.593. The number of ether oxygens (including phenoxy) is 1. The lowest BCUT2D eigenvalue weighted by atomic mass is 9.58. The average molecular weight is 336 g/mol. The largest absolute Gasteiger partial charge is 0.340 e. The summed E-state index contributed by atoms with van der Waals surface area (Å²) in [4.78, 5) is 28.2. The van der Waals surface area contributed by atoms with Crippen molar-refractivity contribution in [3.8, 4) is 0 Å². The minimum absolute atomic E-state index is 0.223. The highest BCUT2D eigenvalue weighted by molar-refractivity contribution is 6.02. The molecule has 2 aromatic rings. The first-order valence-electron chi connectivity index (χ1n) is 8.28. The molecule has 0 saturated carbocycles. The molecule has 2 aromatic carbocycles. The fourth-order valence-corrected chi connectivity index (χ4v) is 4.27. The Kier molecular flexibility index (Phi) is 3.27. The second-order valence-corrected chi connectivity index (χ2v) is 6.84. The molecule has 0 radical (unpaired) electrons. The van der Waals surface area contributed by atoms with Gasteiger partial charge in [0.2, 0.25) is 5.91 Å². The molecular formula is C20H20N2O3. The minimum atomic E-state index is -0.930. The van der Waals surface area contributed by atoms with Gasteiger partial charge in [0.15, 0.2) is 6.23 Å². The van der Waals surface area contributed by atoms with Gasteiger partial charge in [-0.15, -0.1) is 0 Å². The Morgan fingerprint density at radius 2 is 1.36 bits per heavy atom. The van der Waals surface area contributed by atoms with Crippen molar-refractivity contribution in [2.75, 3.05) is 14.1 Å². The number of carbonyl (C=O) groups excluding carboxylic acids is 2. The van der Waals surface area contributed by atoms with Gasteiger partial charge < -0.3 is 9.64 Å². The normalized spacial score (nSPS) is 27.7. The molecule has 0 bridgehead atoms. The van der Waals surface area contributed by atoms with E-state index >= 15 is 0 Å². The third-order valence-electron chi connectivity index (χ3n) is 5.56. The summed E-state index contributed by atoms with van der Waals surface area (Å²) in [5.74, 6) is -0.223. The molecule has 2 aliphatic rings. The Morgan fingerprint density at radius 1 is 0.880 bits per heavy atom. The van der Waals surface area contributed by atoms with Crippen LogP contribution in [0.5, 0.6) is 0 Å². The van der Waals surface area contributed by atoms with Crippen LogP contribution in [0.1, 0.15) is 18.1 Å². The Hall–Kier alpha value is -2.66. The maximum atomic E-state index is 13.2. The van der Waals surface area contributed by atoms with Gasteiger partial charge in [-0.1, -0.05) is 60.7 Å². The summed E-state index contributed by atoms with van der Waals surface area (Å²) >= 11 is 0. The van der Waals surface area contributed by atoms with Gasteiger partial charge in [0.25, 0.3) is 0 Å². The number of hydrogen-bond acceptors (Lipinski definition) is 3. The second-order valence-electron chi connectivity index (χ2n) is 6.84. The molecule has 4 rings (SSSR count). The van der Waals surface area contributed by atoms with E-state index in [2.05, 4.69) is 0 Å². The Morgan fingerprint density at radius 3 is 1.84 bits per heavy atom. The van der Waals surface area contributed by atoms with Crippen molar-refractivity contribution in [3.05, 3.63) is 71.8 Å². The first-order valence-corrected chi connectivity index (χ1v) is 8.28. The maximum Gasteiger partial charge on any atom is 0.328 e. The molecule has 2 aliphatic heterocycles. The highest BCUT2D eigenvalue weighted by Gasteiger charge is 2.75. The van der Waals surface area contributed by atoms with Crippen LogP contribution < -0.4 is 0 Å². The average Bonchev–Trinajstić information content (AvgIpc) is 2.65. The number of fused-ring (bicyclic) bond motifs is 1. The van der Waals surface area contributed by atoms with Crippen molar-refractivity contribution < 1.29 is 14.3 Å².